The first-order chi connectivity index (χ1) is 13.0. The van der Waals surface area contributed by atoms with E-state index in [0.717, 1.165) is 25.7 Å². The molecule has 0 bridgehead atoms. The molecule has 0 unspecified atom stereocenters. The molecule has 8 heteroatoms. The number of rotatable bonds is 10. The number of hydroxylamine groups is 1. The lowest BCUT2D eigenvalue weighted by atomic mass is 10.1. The van der Waals surface area contributed by atoms with Gasteiger partial charge in [-0.1, -0.05) is 6.42 Å². The van der Waals surface area contributed by atoms with Gasteiger partial charge in [0.05, 0.1) is 10.3 Å². The third-order valence-electron chi connectivity index (χ3n) is 4.05. The van der Waals surface area contributed by atoms with Gasteiger partial charge in [-0.05, 0) is 71.4 Å². The molecule has 1 heterocycles. The Morgan fingerprint density at radius 2 is 1.81 bits per heavy atom. The van der Waals surface area contributed by atoms with Crippen molar-refractivity contribution in [3.05, 3.63) is 45.1 Å². The second kappa shape index (κ2) is 11.5. The zero-order valence-electron chi connectivity index (χ0n) is 15.1. The topological polar surface area (TPSA) is 69.6 Å². The maximum absolute atomic E-state index is 12.9. The summed E-state index contributed by atoms with van der Waals surface area (Å²) in [5.74, 6) is -0.317. The number of nitrogens with one attached hydrogen (secondary N) is 1. The van der Waals surface area contributed by atoms with Gasteiger partial charge in [0.15, 0.2) is 0 Å². The van der Waals surface area contributed by atoms with Crippen LogP contribution in [0.4, 0.5) is 5.69 Å². The number of amides is 2. The minimum Gasteiger partial charge on any atom is -0.307 e. The molecular weight excluding hydrogens is 448 g/mol. The van der Waals surface area contributed by atoms with Crippen molar-refractivity contribution >= 4 is 56.5 Å². The van der Waals surface area contributed by atoms with Crippen LogP contribution in [0.2, 0.25) is 0 Å². The Morgan fingerprint density at radius 3 is 2.41 bits per heavy atom. The summed E-state index contributed by atoms with van der Waals surface area (Å²) in [6.45, 7) is 0.542. The van der Waals surface area contributed by atoms with Crippen molar-refractivity contribution in [2.75, 3.05) is 11.2 Å². The number of halogens is 1. The van der Waals surface area contributed by atoms with Crippen LogP contribution in [0.1, 0.15) is 37.0 Å². The molecule has 2 rings (SSSR count). The van der Waals surface area contributed by atoms with E-state index in [-0.39, 0.29) is 18.2 Å². The Hall–Kier alpha value is -1.35. The molecule has 0 fully saturated rings. The highest BCUT2D eigenvalue weighted by molar-refractivity contribution is 9.11. The maximum atomic E-state index is 12.9. The van der Waals surface area contributed by atoms with Crippen LogP contribution in [-0.2, 0) is 16.1 Å². The smallest absolute Gasteiger partial charge is 0.243 e. The van der Waals surface area contributed by atoms with Crippen molar-refractivity contribution in [3.63, 3.8) is 0 Å². The number of thiophene rings is 1. The summed E-state index contributed by atoms with van der Waals surface area (Å²) in [6, 6.07) is 12.0. The molecule has 2 N–H and O–H groups in total. The van der Waals surface area contributed by atoms with E-state index in [1.165, 1.54) is 0 Å². The van der Waals surface area contributed by atoms with Crippen LogP contribution in [0.3, 0.4) is 0 Å². The minimum atomic E-state index is -0.389. The summed E-state index contributed by atoms with van der Waals surface area (Å²) < 4.78 is 1.05. The second-order valence-electron chi connectivity index (χ2n) is 5.98. The molecule has 1 aromatic heterocycles. The van der Waals surface area contributed by atoms with E-state index < -0.39 is 0 Å². The molecule has 0 aliphatic heterocycles. The summed E-state index contributed by atoms with van der Waals surface area (Å²) >= 11 is 6.77. The Bertz CT molecular complexity index is 750. The van der Waals surface area contributed by atoms with E-state index >= 15 is 0 Å². The molecule has 0 aliphatic rings. The monoisotopic (exact) mass is 470 g/mol. The van der Waals surface area contributed by atoms with E-state index in [1.54, 1.807) is 28.6 Å². The number of carbonyl (C=O) groups is 2. The lowest BCUT2D eigenvalue weighted by Gasteiger charge is -2.22. The van der Waals surface area contributed by atoms with Crippen molar-refractivity contribution in [1.82, 2.24) is 5.48 Å². The van der Waals surface area contributed by atoms with Crippen molar-refractivity contribution in [2.45, 2.75) is 43.5 Å². The fourth-order valence-electron chi connectivity index (χ4n) is 2.61. The number of anilines is 1. The Morgan fingerprint density at radius 1 is 1.11 bits per heavy atom. The summed E-state index contributed by atoms with van der Waals surface area (Å²) in [5.41, 5.74) is 2.52. The van der Waals surface area contributed by atoms with E-state index in [0.29, 0.717) is 25.8 Å². The van der Waals surface area contributed by atoms with E-state index in [1.807, 2.05) is 47.6 Å². The van der Waals surface area contributed by atoms with E-state index in [9.17, 15) is 9.59 Å². The quantitative estimate of drug-likeness (QED) is 0.216. The first-order valence-corrected chi connectivity index (χ1v) is 11.5. The summed E-state index contributed by atoms with van der Waals surface area (Å²) in [5, 5.41) is 8.49. The number of hydrogen-bond donors (Lipinski definition) is 2. The Labute approximate surface area is 176 Å². The van der Waals surface area contributed by atoms with Crippen LogP contribution in [0, 0.1) is 0 Å². The molecule has 146 valence electrons. The zero-order chi connectivity index (χ0) is 19.6. The highest BCUT2D eigenvalue weighted by atomic mass is 79.9. The molecule has 0 radical (unpaired) electrons. The van der Waals surface area contributed by atoms with Crippen LogP contribution in [0.25, 0.3) is 0 Å². The first kappa shape index (κ1) is 21.9. The van der Waals surface area contributed by atoms with Crippen molar-refractivity contribution in [2.24, 2.45) is 0 Å². The summed E-state index contributed by atoms with van der Waals surface area (Å²) in [7, 11) is 0. The molecule has 1 aromatic carbocycles. The second-order valence-corrected chi connectivity index (χ2v) is 9.41. The van der Waals surface area contributed by atoms with Crippen LogP contribution in [-0.4, -0.2) is 23.3 Å². The largest absolute Gasteiger partial charge is 0.307 e. The Balaban J connectivity index is 1.99. The average molecular weight is 471 g/mol. The lowest BCUT2D eigenvalue weighted by Crippen LogP contribution is -2.29. The van der Waals surface area contributed by atoms with Gasteiger partial charge in [0.2, 0.25) is 11.8 Å². The van der Waals surface area contributed by atoms with Gasteiger partial charge in [0.1, 0.15) is 0 Å². The fourth-order valence-corrected chi connectivity index (χ4v) is 4.49. The molecule has 2 amide bonds. The van der Waals surface area contributed by atoms with E-state index in [2.05, 4.69) is 15.9 Å². The fraction of sp³-hybridized carbons (Fsp3) is 0.368. The van der Waals surface area contributed by atoms with Gasteiger partial charge in [-0.25, -0.2) is 5.48 Å². The summed E-state index contributed by atoms with van der Waals surface area (Å²) in [4.78, 5) is 28.0. The molecule has 0 saturated carbocycles. The van der Waals surface area contributed by atoms with Gasteiger partial charge in [0, 0.05) is 28.3 Å². The third-order valence-corrected chi connectivity index (χ3v) is 6.40. The molecular formula is C19H23BrN2O3S2. The molecule has 0 aliphatic carbocycles. The number of nitrogens with zero attached hydrogens (tertiary/aromatic N) is 1. The molecule has 27 heavy (non-hydrogen) atoms. The number of hydrogen-bond acceptors (Lipinski definition) is 5. The normalized spacial score (nSPS) is 10.6. The third kappa shape index (κ3) is 7.29. The highest BCUT2D eigenvalue weighted by Gasteiger charge is 2.17. The predicted octanol–water partition coefficient (Wildman–Crippen LogP) is 5.22. The van der Waals surface area contributed by atoms with Gasteiger partial charge >= 0.3 is 0 Å². The zero-order valence-corrected chi connectivity index (χ0v) is 18.3. The maximum Gasteiger partial charge on any atom is 0.243 e. The number of carbonyl (C=O) groups excluding carboxylic acids is 2. The Kier molecular flexibility index (Phi) is 9.33. The van der Waals surface area contributed by atoms with Gasteiger partial charge in [0.25, 0.3) is 0 Å². The lowest BCUT2D eigenvalue weighted by molar-refractivity contribution is -0.129. The predicted molar refractivity (Wildman–Crippen MR) is 114 cm³/mol. The van der Waals surface area contributed by atoms with Gasteiger partial charge in [-0.2, -0.15) is 0 Å². The van der Waals surface area contributed by atoms with Crippen LogP contribution < -0.4 is 10.4 Å². The first-order valence-electron chi connectivity index (χ1n) is 8.65. The van der Waals surface area contributed by atoms with Gasteiger partial charge in [-0.15, -0.1) is 23.1 Å². The molecule has 0 saturated heterocycles. The van der Waals surface area contributed by atoms with Crippen molar-refractivity contribution in [3.8, 4) is 0 Å². The molecule has 0 atom stereocenters. The van der Waals surface area contributed by atoms with Crippen LogP contribution in [0.15, 0.2) is 45.1 Å². The SMILES string of the molecule is CSc1ccc(N(Cc2ccc(Br)s2)C(=O)CCCCCC(=O)NO)cc1. The van der Waals surface area contributed by atoms with Crippen molar-refractivity contribution in [1.29, 1.82) is 0 Å². The van der Waals surface area contributed by atoms with Gasteiger partial charge < -0.3 is 4.90 Å². The van der Waals surface area contributed by atoms with E-state index in [4.69, 9.17) is 5.21 Å². The standard InChI is InChI=1S/C19H23BrN2O3S2/c1-26-15-9-7-14(8-10-15)22(13-16-11-12-17(20)27-16)19(24)6-4-2-3-5-18(23)21-25/h7-12,25H,2-6,13H2,1H3,(H,21,23). The average Bonchev–Trinajstić information content (AvgIpc) is 3.10. The molecule has 5 nitrogen and oxygen atoms in total. The number of thioether (sulfide) groups is 1. The molecule has 2 aromatic rings. The van der Waals surface area contributed by atoms with Crippen LogP contribution in [0.5, 0.6) is 0 Å². The number of unbranched alkanes of at least 4 members (excludes halogenated alkanes) is 2. The van der Waals surface area contributed by atoms with Gasteiger partial charge in [-0.3, -0.25) is 14.8 Å². The van der Waals surface area contributed by atoms with Crippen LogP contribution >= 0.6 is 39.0 Å². The highest BCUT2D eigenvalue weighted by Crippen LogP contribution is 2.27. The van der Waals surface area contributed by atoms with Crippen molar-refractivity contribution < 1.29 is 14.8 Å². The summed E-state index contributed by atoms with van der Waals surface area (Å²) in [6.07, 6.45) is 4.86. The molecule has 0 spiro atoms. The minimum absolute atomic E-state index is 0.0723. The number of benzene rings is 1.